The van der Waals surface area contributed by atoms with Crippen molar-refractivity contribution in [2.24, 2.45) is 5.41 Å². The number of benzene rings is 1. The second-order valence-corrected chi connectivity index (χ2v) is 7.55. The van der Waals surface area contributed by atoms with Crippen LogP contribution in [-0.4, -0.2) is 55.9 Å². The summed E-state index contributed by atoms with van der Waals surface area (Å²) >= 11 is 0. The van der Waals surface area contributed by atoms with Crippen LogP contribution in [0.2, 0.25) is 0 Å². The molecule has 0 aromatic heterocycles. The van der Waals surface area contributed by atoms with Gasteiger partial charge in [-0.15, -0.1) is 0 Å². The third-order valence-corrected chi connectivity index (χ3v) is 5.85. The van der Waals surface area contributed by atoms with Crippen molar-refractivity contribution in [3.8, 4) is 11.5 Å². The summed E-state index contributed by atoms with van der Waals surface area (Å²) in [5, 5.41) is 13.3. The molecular formula is C20H30N2O4. The number of nitrogens with zero attached hydrogens (tertiary/aromatic N) is 1. The minimum absolute atomic E-state index is 0.0158. The number of ether oxygens (including phenoxy) is 2. The molecule has 1 amide bonds. The molecule has 0 unspecified atom stereocenters. The first-order valence-corrected chi connectivity index (χ1v) is 9.44. The van der Waals surface area contributed by atoms with Crippen LogP contribution in [0.15, 0.2) is 18.2 Å². The number of carbonyl (C=O) groups is 1. The van der Waals surface area contributed by atoms with E-state index >= 15 is 0 Å². The van der Waals surface area contributed by atoms with Gasteiger partial charge in [0.25, 0.3) is 0 Å². The Balaban J connectivity index is 1.51. The smallest absolute Gasteiger partial charge is 0.234 e. The number of amides is 1. The van der Waals surface area contributed by atoms with Crippen LogP contribution in [0.3, 0.4) is 0 Å². The summed E-state index contributed by atoms with van der Waals surface area (Å²) < 4.78 is 10.5. The first kappa shape index (κ1) is 19.0. The standard InChI is InChI=1S/C20H30N2O4/c1-25-16-7-6-15(11-17(16)26-2)12-21-19(24)13-22-10-4-9-20(14-22)8-3-5-18(20)23/h6-7,11,18,23H,3-5,8-10,12-14H2,1-2H3,(H,21,24)/t18-,20+/m1/s1. The Hall–Kier alpha value is -1.79. The molecular weight excluding hydrogens is 332 g/mol. The van der Waals surface area contributed by atoms with Crippen molar-refractivity contribution in [3.05, 3.63) is 23.8 Å². The van der Waals surface area contributed by atoms with Crippen LogP contribution in [-0.2, 0) is 11.3 Å². The predicted molar refractivity (Wildman–Crippen MR) is 99.4 cm³/mol. The molecule has 144 valence electrons. The van der Waals surface area contributed by atoms with Crippen molar-refractivity contribution >= 4 is 5.91 Å². The Bertz CT molecular complexity index is 636. The van der Waals surface area contributed by atoms with Gasteiger partial charge in [0.15, 0.2) is 11.5 Å². The summed E-state index contributed by atoms with van der Waals surface area (Å²) in [4.78, 5) is 14.6. The highest BCUT2D eigenvalue weighted by Gasteiger charge is 2.44. The number of nitrogens with one attached hydrogen (secondary N) is 1. The highest BCUT2D eigenvalue weighted by atomic mass is 16.5. The van der Waals surface area contributed by atoms with Gasteiger partial charge in [0.05, 0.1) is 26.9 Å². The first-order valence-electron chi connectivity index (χ1n) is 9.44. The molecule has 6 heteroatoms. The van der Waals surface area contributed by atoms with Crippen molar-refractivity contribution < 1.29 is 19.4 Å². The number of methoxy groups -OCH3 is 2. The molecule has 2 N–H and O–H groups in total. The van der Waals surface area contributed by atoms with Crippen LogP contribution >= 0.6 is 0 Å². The summed E-state index contributed by atoms with van der Waals surface area (Å²) in [6, 6.07) is 5.65. The highest BCUT2D eigenvalue weighted by Crippen LogP contribution is 2.44. The molecule has 3 rings (SSSR count). The van der Waals surface area contributed by atoms with Gasteiger partial charge in [0.1, 0.15) is 0 Å². The quantitative estimate of drug-likeness (QED) is 0.809. The molecule has 26 heavy (non-hydrogen) atoms. The van der Waals surface area contributed by atoms with Gasteiger partial charge in [-0.05, 0) is 49.9 Å². The first-order chi connectivity index (χ1) is 12.6. The summed E-state index contributed by atoms with van der Waals surface area (Å²) in [6.45, 7) is 2.61. The van der Waals surface area contributed by atoms with Crippen LogP contribution < -0.4 is 14.8 Å². The number of likely N-dealkylation sites (tertiary alicyclic amines) is 1. The molecule has 1 aliphatic carbocycles. The van der Waals surface area contributed by atoms with Crippen molar-refractivity contribution in [2.45, 2.75) is 44.8 Å². The van der Waals surface area contributed by atoms with Gasteiger partial charge in [0, 0.05) is 18.5 Å². The van der Waals surface area contributed by atoms with E-state index in [1.54, 1.807) is 14.2 Å². The normalized spacial score (nSPS) is 26.0. The molecule has 0 bridgehead atoms. The number of hydrogen-bond acceptors (Lipinski definition) is 5. The molecule has 1 spiro atoms. The van der Waals surface area contributed by atoms with E-state index in [9.17, 15) is 9.90 Å². The van der Waals surface area contributed by atoms with E-state index in [2.05, 4.69) is 10.2 Å². The highest BCUT2D eigenvalue weighted by molar-refractivity contribution is 5.78. The molecule has 6 nitrogen and oxygen atoms in total. The number of aliphatic hydroxyl groups is 1. The monoisotopic (exact) mass is 362 g/mol. The van der Waals surface area contributed by atoms with Crippen molar-refractivity contribution in [3.63, 3.8) is 0 Å². The Kier molecular flexibility index (Phi) is 6.04. The van der Waals surface area contributed by atoms with Crippen LogP contribution in [0.5, 0.6) is 11.5 Å². The zero-order valence-electron chi connectivity index (χ0n) is 15.8. The molecule has 1 aromatic carbocycles. The van der Waals surface area contributed by atoms with Crippen LogP contribution in [0, 0.1) is 5.41 Å². The van der Waals surface area contributed by atoms with Crippen LogP contribution in [0.25, 0.3) is 0 Å². The topological polar surface area (TPSA) is 71.0 Å². The maximum absolute atomic E-state index is 12.4. The molecule has 1 saturated heterocycles. The Morgan fingerprint density at radius 3 is 2.73 bits per heavy atom. The lowest BCUT2D eigenvalue weighted by molar-refractivity contribution is -0.123. The number of rotatable bonds is 6. The SMILES string of the molecule is COc1ccc(CNC(=O)CN2CCC[C@@]3(CCC[C@H]3O)C2)cc1OC. The zero-order chi connectivity index (χ0) is 18.6. The van der Waals surface area contributed by atoms with Gasteiger partial charge < -0.3 is 19.9 Å². The van der Waals surface area contributed by atoms with Crippen molar-refractivity contribution in [2.75, 3.05) is 33.9 Å². The van der Waals surface area contributed by atoms with E-state index in [1.165, 1.54) is 0 Å². The molecule has 1 heterocycles. The number of carbonyl (C=O) groups excluding carboxylic acids is 1. The fraction of sp³-hybridized carbons (Fsp3) is 0.650. The average Bonchev–Trinajstić information content (AvgIpc) is 2.99. The second-order valence-electron chi connectivity index (χ2n) is 7.55. The lowest BCUT2D eigenvalue weighted by Gasteiger charge is -2.42. The van der Waals surface area contributed by atoms with E-state index in [0.717, 1.165) is 50.8 Å². The van der Waals surface area contributed by atoms with Crippen LogP contribution in [0.4, 0.5) is 0 Å². The average molecular weight is 362 g/mol. The summed E-state index contributed by atoms with van der Waals surface area (Å²) in [6.07, 6.45) is 5.01. The molecule has 1 aromatic rings. The number of hydrogen-bond donors (Lipinski definition) is 2. The fourth-order valence-corrected chi connectivity index (χ4v) is 4.44. The lowest BCUT2D eigenvalue weighted by atomic mass is 9.77. The predicted octanol–water partition coefficient (Wildman–Crippen LogP) is 1.95. The molecule has 2 atom stereocenters. The summed E-state index contributed by atoms with van der Waals surface area (Å²) in [5.41, 5.74) is 0.986. The van der Waals surface area contributed by atoms with E-state index in [0.29, 0.717) is 24.6 Å². The lowest BCUT2D eigenvalue weighted by Crippen LogP contribution is -2.49. The minimum atomic E-state index is -0.208. The number of aliphatic hydroxyl groups excluding tert-OH is 1. The number of piperidine rings is 1. The minimum Gasteiger partial charge on any atom is -0.493 e. The van der Waals surface area contributed by atoms with Crippen LogP contribution in [0.1, 0.15) is 37.7 Å². The van der Waals surface area contributed by atoms with E-state index in [4.69, 9.17) is 9.47 Å². The molecule has 1 saturated carbocycles. The van der Waals surface area contributed by atoms with E-state index < -0.39 is 0 Å². The fourth-order valence-electron chi connectivity index (χ4n) is 4.44. The molecule has 2 aliphatic rings. The Morgan fingerprint density at radius 1 is 1.27 bits per heavy atom. The molecule has 1 aliphatic heterocycles. The van der Waals surface area contributed by atoms with Gasteiger partial charge in [-0.25, -0.2) is 0 Å². The maximum atomic E-state index is 12.4. The second kappa shape index (κ2) is 8.27. The van der Waals surface area contributed by atoms with E-state index in [-0.39, 0.29) is 17.4 Å². The third kappa shape index (κ3) is 4.13. The molecule has 0 radical (unpaired) electrons. The Labute approximate surface area is 155 Å². The summed E-state index contributed by atoms with van der Waals surface area (Å²) in [7, 11) is 3.20. The Morgan fingerprint density at radius 2 is 2.04 bits per heavy atom. The van der Waals surface area contributed by atoms with Gasteiger partial charge in [-0.2, -0.15) is 0 Å². The summed E-state index contributed by atoms with van der Waals surface area (Å²) in [5.74, 6) is 1.35. The molecule has 2 fully saturated rings. The van der Waals surface area contributed by atoms with E-state index in [1.807, 2.05) is 18.2 Å². The zero-order valence-corrected chi connectivity index (χ0v) is 15.8. The van der Waals surface area contributed by atoms with Crippen molar-refractivity contribution in [1.29, 1.82) is 0 Å². The van der Waals surface area contributed by atoms with Gasteiger partial charge in [0.2, 0.25) is 5.91 Å². The van der Waals surface area contributed by atoms with Gasteiger partial charge in [-0.3, -0.25) is 9.69 Å². The van der Waals surface area contributed by atoms with Gasteiger partial charge >= 0.3 is 0 Å². The largest absolute Gasteiger partial charge is 0.493 e. The van der Waals surface area contributed by atoms with Crippen molar-refractivity contribution in [1.82, 2.24) is 10.2 Å². The van der Waals surface area contributed by atoms with Gasteiger partial charge in [-0.1, -0.05) is 12.5 Å². The third-order valence-electron chi connectivity index (χ3n) is 5.85. The maximum Gasteiger partial charge on any atom is 0.234 e.